The van der Waals surface area contributed by atoms with Gasteiger partial charge >= 0.3 is 5.97 Å². The molecule has 0 saturated carbocycles. The molecule has 0 amide bonds. The molecule has 126 valence electrons. The van der Waals surface area contributed by atoms with Crippen molar-refractivity contribution in [2.45, 2.75) is 13.5 Å². The van der Waals surface area contributed by atoms with E-state index in [4.69, 9.17) is 5.11 Å². The summed E-state index contributed by atoms with van der Waals surface area (Å²) in [5, 5.41) is 15.3. The first-order valence-corrected chi connectivity index (χ1v) is 7.69. The summed E-state index contributed by atoms with van der Waals surface area (Å²) < 4.78 is 0. The third-order valence-electron chi connectivity index (χ3n) is 3.47. The van der Waals surface area contributed by atoms with Crippen molar-refractivity contribution >= 4 is 23.3 Å². The van der Waals surface area contributed by atoms with E-state index in [2.05, 4.69) is 25.6 Å². The minimum atomic E-state index is -0.952. The number of carbonyl (C=O) groups is 1. The number of rotatable bonds is 6. The average Bonchev–Trinajstić information content (AvgIpc) is 2.61. The van der Waals surface area contributed by atoms with Crippen molar-refractivity contribution in [1.82, 2.24) is 15.0 Å². The molecule has 25 heavy (non-hydrogen) atoms. The van der Waals surface area contributed by atoms with Crippen LogP contribution in [0.5, 0.6) is 0 Å². The molecular formula is C18H17N5O2. The Bertz CT molecular complexity index is 866. The molecule has 3 N–H and O–H groups in total. The van der Waals surface area contributed by atoms with Crippen LogP contribution in [-0.4, -0.2) is 26.0 Å². The number of anilines is 3. The molecule has 0 atom stereocenters. The zero-order valence-electron chi connectivity index (χ0n) is 13.6. The Hall–Kier alpha value is -3.48. The lowest BCUT2D eigenvalue weighted by molar-refractivity contribution is 0.0697. The molecule has 0 bridgehead atoms. The lowest BCUT2D eigenvalue weighted by Gasteiger charge is -2.10. The number of carboxylic acid groups (broad SMARTS) is 1. The molecule has 0 aliphatic carbocycles. The van der Waals surface area contributed by atoms with E-state index in [-0.39, 0.29) is 5.56 Å². The van der Waals surface area contributed by atoms with E-state index in [1.165, 1.54) is 0 Å². The summed E-state index contributed by atoms with van der Waals surface area (Å²) in [5.41, 5.74) is 2.09. The molecule has 2 aromatic heterocycles. The van der Waals surface area contributed by atoms with Crippen LogP contribution in [0.15, 0.2) is 54.9 Å². The van der Waals surface area contributed by atoms with E-state index in [0.29, 0.717) is 24.0 Å². The van der Waals surface area contributed by atoms with Gasteiger partial charge in [-0.1, -0.05) is 0 Å². The van der Waals surface area contributed by atoms with Crippen LogP contribution in [0.1, 0.15) is 21.7 Å². The predicted molar refractivity (Wildman–Crippen MR) is 95.0 cm³/mol. The van der Waals surface area contributed by atoms with Gasteiger partial charge < -0.3 is 15.7 Å². The largest absolute Gasteiger partial charge is 0.478 e. The molecule has 0 unspecified atom stereocenters. The van der Waals surface area contributed by atoms with Crippen LogP contribution in [0, 0.1) is 6.92 Å². The highest BCUT2D eigenvalue weighted by Crippen LogP contribution is 2.18. The van der Waals surface area contributed by atoms with E-state index < -0.39 is 5.97 Å². The summed E-state index contributed by atoms with van der Waals surface area (Å²) in [4.78, 5) is 23.6. The SMILES string of the molecule is Cc1nc(NCc2ccncc2)cc(Nc2ccc(C(=O)O)cc2)n1. The smallest absolute Gasteiger partial charge is 0.335 e. The predicted octanol–water partition coefficient (Wildman–Crippen LogP) is 3.23. The highest BCUT2D eigenvalue weighted by Gasteiger charge is 2.05. The van der Waals surface area contributed by atoms with E-state index in [1.54, 1.807) is 42.7 Å². The van der Waals surface area contributed by atoms with E-state index in [9.17, 15) is 4.79 Å². The summed E-state index contributed by atoms with van der Waals surface area (Å²) in [6.07, 6.45) is 3.49. The first-order chi connectivity index (χ1) is 12.1. The molecule has 7 heteroatoms. The summed E-state index contributed by atoms with van der Waals surface area (Å²) in [7, 11) is 0. The van der Waals surface area contributed by atoms with Gasteiger partial charge in [-0.2, -0.15) is 0 Å². The number of pyridine rings is 1. The average molecular weight is 335 g/mol. The third-order valence-corrected chi connectivity index (χ3v) is 3.47. The highest BCUT2D eigenvalue weighted by molar-refractivity contribution is 5.88. The third kappa shape index (κ3) is 4.51. The Morgan fingerprint density at radius 2 is 1.72 bits per heavy atom. The number of hydrogen-bond acceptors (Lipinski definition) is 6. The van der Waals surface area contributed by atoms with E-state index in [0.717, 1.165) is 11.3 Å². The van der Waals surface area contributed by atoms with Gasteiger partial charge in [0.05, 0.1) is 5.56 Å². The molecule has 0 saturated heterocycles. The van der Waals surface area contributed by atoms with Crippen LogP contribution in [0.25, 0.3) is 0 Å². The molecule has 0 fully saturated rings. The minimum Gasteiger partial charge on any atom is -0.478 e. The molecule has 0 aliphatic rings. The van der Waals surface area contributed by atoms with Crippen LogP contribution in [0.4, 0.5) is 17.3 Å². The Morgan fingerprint density at radius 3 is 2.40 bits per heavy atom. The number of benzene rings is 1. The maximum absolute atomic E-state index is 10.9. The standard InChI is InChI=1S/C18H17N5O2/c1-12-21-16(20-11-13-6-8-19-9-7-13)10-17(22-12)23-15-4-2-14(3-5-15)18(24)25/h2-10H,11H2,1H3,(H,24,25)(H2,20,21,22,23). The number of aromatic carboxylic acids is 1. The molecule has 1 aromatic carbocycles. The molecule has 7 nitrogen and oxygen atoms in total. The van der Waals surface area contributed by atoms with Crippen LogP contribution >= 0.6 is 0 Å². The maximum atomic E-state index is 10.9. The second-order valence-electron chi connectivity index (χ2n) is 5.40. The zero-order chi connectivity index (χ0) is 17.6. The lowest BCUT2D eigenvalue weighted by Crippen LogP contribution is -2.05. The summed E-state index contributed by atoms with van der Waals surface area (Å²) in [5.74, 6) is 1.01. The minimum absolute atomic E-state index is 0.240. The second kappa shape index (κ2) is 7.39. The fourth-order valence-corrected chi connectivity index (χ4v) is 2.26. The van der Waals surface area contributed by atoms with Crippen molar-refractivity contribution in [2.24, 2.45) is 0 Å². The summed E-state index contributed by atoms with van der Waals surface area (Å²) in [6.45, 7) is 2.45. The molecular weight excluding hydrogens is 318 g/mol. The van der Waals surface area contributed by atoms with Gasteiger partial charge in [0.15, 0.2) is 0 Å². The van der Waals surface area contributed by atoms with Gasteiger partial charge in [0, 0.05) is 30.7 Å². The van der Waals surface area contributed by atoms with Gasteiger partial charge in [0.1, 0.15) is 17.5 Å². The van der Waals surface area contributed by atoms with Crippen molar-refractivity contribution in [3.8, 4) is 0 Å². The van der Waals surface area contributed by atoms with Crippen LogP contribution in [0.3, 0.4) is 0 Å². The Balaban J connectivity index is 1.71. The van der Waals surface area contributed by atoms with Crippen molar-refractivity contribution < 1.29 is 9.90 Å². The number of aromatic nitrogens is 3. The van der Waals surface area contributed by atoms with Gasteiger partial charge in [-0.15, -0.1) is 0 Å². The van der Waals surface area contributed by atoms with Crippen LogP contribution in [-0.2, 0) is 6.54 Å². The molecule has 3 rings (SSSR count). The van der Waals surface area contributed by atoms with Crippen molar-refractivity contribution in [1.29, 1.82) is 0 Å². The van der Waals surface area contributed by atoms with Gasteiger partial charge in [-0.25, -0.2) is 14.8 Å². The normalized spacial score (nSPS) is 10.3. The van der Waals surface area contributed by atoms with E-state index >= 15 is 0 Å². The number of nitrogens with zero attached hydrogens (tertiary/aromatic N) is 3. The van der Waals surface area contributed by atoms with Gasteiger partial charge in [-0.05, 0) is 48.9 Å². The van der Waals surface area contributed by atoms with Crippen LogP contribution in [0.2, 0.25) is 0 Å². The molecule has 0 radical (unpaired) electrons. The number of aryl methyl sites for hydroxylation is 1. The lowest BCUT2D eigenvalue weighted by atomic mass is 10.2. The summed E-state index contributed by atoms with van der Waals surface area (Å²) in [6, 6.07) is 12.2. The van der Waals surface area contributed by atoms with Gasteiger partial charge in [0.25, 0.3) is 0 Å². The quantitative estimate of drug-likeness (QED) is 0.636. The molecule has 0 spiro atoms. The Morgan fingerprint density at radius 1 is 1.04 bits per heavy atom. The number of nitrogens with one attached hydrogen (secondary N) is 2. The summed E-state index contributed by atoms with van der Waals surface area (Å²) >= 11 is 0. The monoisotopic (exact) mass is 335 g/mol. The molecule has 3 aromatic rings. The van der Waals surface area contributed by atoms with Crippen molar-refractivity contribution in [2.75, 3.05) is 10.6 Å². The van der Waals surface area contributed by atoms with Crippen molar-refractivity contribution in [3.05, 3.63) is 71.8 Å². The Labute approximate surface area is 144 Å². The highest BCUT2D eigenvalue weighted by atomic mass is 16.4. The van der Waals surface area contributed by atoms with Crippen molar-refractivity contribution in [3.63, 3.8) is 0 Å². The zero-order valence-corrected chi connectivity index (χ0v) is 13.6. The number of carboxylic acids is 1. The fourth-order valence-electron chi connectivity index (χ4n) is 2.26. The first-order valence-electron chi connectivity index (χ1n) is 7.69. The van der Waals surface area contributed by atoms with Crippen LogP contribution < -0.4 is 10.6 Å². The molecule has 2 heterocycles. The second-order valence-corrected chi connectivity index (χ2v) is 5.40. The fraction of sp³-hybridized carbons (Fsp3) is 0.111. The first kappa shape index (κ1) is 16.4. The van der Waals surface area contributed by atoms with E-state index in [1.807, 2.05) is 19.1 Å². The topological polar surface area (TPSA) is 100 Å². The number of hydrogen-bond donors (Lipinski definition) is 3. The molecule has 0 aliphatic heterocycles. The Kier molecular flexibility index (Phi) is 4.84. The van der Waals surface area contributed by atoms with Gasteiger partial charge in [0.2, 0.25) is 0 Å². The maximum Gasteiger partial charge on any atom is 0.335 e. The van der Waals surface area contributed by atoms with Gasteiger partial charge in [-0.3, -0.25) is 4.98 Å².